The second-order valence-corrected chi connectivity index (χ2v) is 7.28. The predicted octanol–water partition coefficient (Wildman–Crippen LogP) is 0.708. The number of hydrogen-bond acceptors (Lipinski definition) is 10. The number of carbonyl (C=O) groups is 4. The van der Waals surface area contributed by atoms with Crippen LogP contribution in [0.5, 0.6) is 11.5 Å². The highest BCUT2D eigenvalue weighted by Crippen LogP contribution is 2.35. The smallest absolute Gasteiger partial charge is 0.330 e. The second kappa shape index (κ2) is 7.99. The molecule has 2 aromatic carbocycles. The van der Waals surface area contributed by atoms with E-state index in [0.29, 0.717) is 9.46 Å². The molecular formula is C22H16N2O10. The van der Waals surface area contributed by atoms with Crippen LogP contribution in [0.25, 0.3) is 32.6 Å². The number of ether oxygens (including phenoxy) is 2. The summed E-state index contributed by atoms with van der Waals surface area (Å²) in [5.74, 6) is -3.34. The molecule has 174 valence electrons. The number of carbonyl (C=O) groups excluding carboxylic acids is 4. The zero-order valence-electron chi connectivity index (χ0n) is 18.3. The zero-order valence-corrected chi connectivity index (χ0v) is 18.3. The number of aromatic nitrogens is 2. The molecule has 0 unspecified atom stereocenters. The Morgan fingerprint density at radius 2 is 0.941 bits per heavy atom. The maximum atomic E-state index is 13.4. The van der Waals surface area contributed by atoms with Crippen LogP contribution in [-0.4, -0.2) is 33.3 Å². The van der Waals surface area contributed by atoms with Gasteiger partial charge in [0.05, 0.1) is 21.8 Å². The van der Waals surface area contributed by atoms with Gasteiger partial charge in [0.25, 0.3) is 11.1 Å². The molecular weight excluding hydrogens is 452 g/mol. The van der Waals surface area contributed by atoms with E-state index < -0.39 is 35.0 Å². The van der Waals surface area contributed by atoms with Gasteiger partial charge in [-0.05, 0) is 12.1 Å². The molecule has 0 spiro atoms. The molecule has 0 fully saturated rings. The van der Waals surface area contributed by atoms with Crippen LogP contribution in [0.4, 0.5) is 0 Å². The van der Waals surface area contributed by atoms with Crippen molar-refractivity contribution in [2.45, 2.75) is 27.7 Å². The lowest BCUT2D eigenvalue weighted by atomic mass is 10.0. The summed E-state index contributed by atoms with van der Waals surface area (Å²) in [6.45, 7) is 4.41. The maximum absolute atomic E-state index is 13.4. The standard InChI is InChI=1S/C22H16N2O10/c1-9(25)31-13-5-15-19-17(7-13)23(33-11(3)27)22(30)16-6-14(32-10(2)26)8-18(20(16)19)24(21(15)29)34-12(4)28/h5-8H,1-4H3. The van der Waals surface area contributed by atoms with Crippen LogP contribution in [0.2, 0.25) is 0 Å². The van der Waals surface area contributed by atoms with Gasteiger partial charge in [-0.15, -0.1) is 9.46 Å². The summed E-state index contributed by atoms with van der Waals surface area (Å²) < 4.78 is 11.5. The topological polar surface area (TPSA) is 149 Å². The monoisotopic (exact) mass is 468 g/mol. The summed E-state index contributed by atoms with van der Waals surface area (Å²) in [5.41, 5.74) is -1.82. The molecule has 2 heterocycles. The SMILES string of the molecule is CC(=O)Oc1cc2c(=O)n(OC(C)=O)c3cc(OC(C)=O)cc4c(=O)n(OC(C)=O)c(c1)c2c43. The van der Waals surface area contributed by atoms with Crippen LogP contribution in [0.1, 0.15) is 27.7 Å². The van der Waals surface area contributed by atoms with E-state index in [1.165, 1.54) is 24.3 Å². The van der Waals surface area contributed by atoms with Crippen molar-refractivity contribution >= 4 is 56.5 Å². The van der Waals surface area contributed by atoms with Gasteiger partial charge >= 0.3 is 23.9 Å². The van der Waals surface area contributed by atoms with E-state index >= 15 is 0 Å². The van der Waals surface area contributed by atoms with E-state index in [0.717, 1.165) is 27.7 Å². The molecule has 0 amide bonds. The lowest BCUT2D eigenvalue weighted by Gasteiger charge is -2.19. The van der Waals surface area contributed by atoms with Crippen molar-refractivity contribution in [3.63, 3.8) is 0 Å². The molecule has 0 aliphatic rings. The molecule has 0 radical (unpaired) electrons. The fourth-order valence-corrected chi connectivity index (χ4v) is 3.71. The maximum Gasteiger partial charge on any atom is 0.330 e. The highest BCUT2D eigenvalue weighted by Gasteiger charge is 2.25. The zero-order chi connectivity index (χ0) is 24.9. The second-order valence-electron chi connectivity index (χ2n) is 7.28. The van der Waals surface area contributed by atoms with Gasteiger partial charge in [0.15, 0.2) is 0 Å². The largest absolute Gasteiger partial charge is 0.427 e. The van der Waals surface area contributed by atoms with Gasteiger partial charge in [-0.3, -0.25) is 19.2 Å². The normalized spacial score (nSPS) is 11.1. The molecule has 0 bridgehead atoms. The third kappa shape index (κ3) is 3.70. The number of benzene rings is 2. The number of nitrogens with zero attached hydrogens (tertiary/aromatic N) is 2. The molecule has 12 heteroatoms. The van der Waals surface area contributed by atoms with E-state index in [1.54, 1.807) is 0 Å². The summed E-state index contributed by atoms with van der Waals surface area (Å²) in [7, 11) is 0. The minimum atomic E-state index is -0.851. The molecule has 4 rings (SSSR count). The first-order valence-electron chi connectivity index (χ1n) is 9.77. The van der Waals surface area contributed by atoms with Gasteiger partial charge in [0.1, 0.15) is 11.5 Å². The molecule has 34 heavy (non-hydrogen) atoms. The van der Waals surface area contributed by atoms with Gasteiger partial charge in [0, 0.05) is 50.6 Å². The van der Waals surface area contributed by atoms with Crippen molar-refractivity contribution in [3.05, 3.63) is 45.0 Å². The van der Waals surface area contributed by atoms with Gasteiger partial charge in [-0.2, -0.15) is 0 Å². The van der Waals surface area contributed by atoms with Crippen LogP contribution in [0.3, 0.4) is 0 Å². The van der Waals surface area contributed by atoms with Crippen LogP contribution >= 0.6 is 0 Å². The Kier molecular flexibility index (Phi) is 5.28. The lowest BCUT2D eigenvalue weighted by Crippen LogP contribution is -2.33. The average molecular weight is 468 g/mol. The number of rotatable bonds is 4. The summed E-state index contributed by atoms with van der Waals surface area (Å²) >= 11 is 0. The number of pyridine rings is 2. The van der Waals surface area contributed by atoms with Gasteiger partial charge in [-0.25, -0.2) is 9.59 Å². The van der Waals surface area contributed by atoms with Gasteiger partial charge in [0.2, 0.25) is 0 Å². The number of hydrogen-bond donors (Lipinski definition) is 0. The van der Waals surface area contributed by atoms with Crippen LogP contribution < -0.4 is 30.3 Å². The third-order valence-electron chi connectivity index (χ3n) is 4.66. The Bertz CT molecular complexity index is 1540. The first-order valence-corrected chi connectivity index (χ1v) is 9.77. The van der Waals surface area contributed by atoms with Gasteiger partial charge < -0.3 is 19.1 Å². The summed E-state index contributed by atoms with van der Waals surface area (Å²) in [6, 6.07) is 4.96. The van der Waals surface area contributed by atoms with E-state index in [-0.39, 0.29) is 44.1 Å². The third-order valence-corrected chi connectivity index (χ3v) is 4.66. The summed E-state index contributed by atoms with van der Waals surface area (Å²) in [6.07, 6.45) is 0. The number of esters is 2. The van der Waals surface area contributed by atoms with Crippen molar-refractivity contribution in [2.75, 3.05) is 0 Å². The van der Waals surface area contributed by atoms with Crippen LogP contribution in [0, 0.1) is 0 Å². The fourth-order valence-electron chi connectivity index (χ4n) is 3.71. The molecule has 0 N–H and O–H groups in total. The highest BCUT2D eigenvalue weighted by molar-refractivity contribution is 6.21. The molecule has 2 aromatic heterocycles. The van der Waals surface area contributed by atoms with Gasteiger partial charge in [-0.1, -0.05) is 0 Å². The summed E-state index contributed by atoms with van der Waals surface area (Å²) in [5, 5.41) is 0.108. The van der Waals surface area contributed by atoms with E-state index in [4.69, 9.17) is 19.1 Å². The van der Waals surface area contributed by atoms with Crippen LogP contribution in [0.15, 0.2) is 33.9 Å². The molecule has 0 atom stereocenters. The Morgan fingerprint density at radius 1 is 0.588 bits per heavy atom. The van der Waals surface area contributed by atoms with Crippen molar-refractivity contribution in [2.24, 2.45) is 0 Å². The van der Waals surface area contributed by atoms with Crippen molar-refractivity contribution in [3.8, 4) is 11.5 Å². The first kappa shape index (κ1) is 22.5. The van der Waals surface area contributed by atoms with E-state index in [9.17, 15) is 28.8 Å². The molecule has 0 saturated carbocycles. The first-order chi connectivity index (χ1) is 16.0. The molecule has 0 saturated heterocycles. The fraction of sp³-hybridized carbons (Fsp3) is 0.182. The predicted molar refractivity (Wildman–Crippen MR) is 116 cm³/mol. The lowest BCUT2D eigenvalue weighted by molar-refractivity contribution is -0.142. The van der Waals surface area contributed by atoms with Crippen LogP contribution in [-0.2, 0) is 19.2 Å². The Hall–Kier alpha value is -4.74. The minimum absolute atomic E-state index is 0.0567. The van der Waals surface area contributed by atoms with Crippen molar-refractivity contribution in [1.29, 1.82) is 0 Å². The molecule has 0 aliphatic carbocycles. The molecule has 12 nitrogen and oxygen atoms in total. The Morgan fingerprint density at radius 3 is 1.24 bits per heavy atom. The van der Waals surface area contributed by atoms with Crippen molar-refractivity contribution < 1.29 is 38.3 Å². The van der Waals surface area contributed by atoms with E-state index in [1.807, 2.05) is 0 Å². The molecule has 4 aromatic rings. The quantitative estimate of drug-likeness (QED) is 0.238. The minimum Gasteiger partial charge on any atom is -0.427 e. The summed E-state index contributed by atoms with van der Waals surface area (Å²) in [4.78, 5) is 83.5. The molecule has 0 aliphatic heterocycles. The van der Waals surface area contributed by atoms with E-state index in [2.05, 4.69) is 0 Å². The Balaban J connectivity index is 2.31. The average Bonchev–Trinajstić information content (AvgIpc) is 2.71. The highest BCUT2D eigenvalue weighted by atomic mass is 16.7. The van der Waals surface area contributed by atoms with Crippen molar-refractivity contribution in [1.82, 2.24) is 9.46 Å². The Labute approximate surface area is 189 Å².